The Morgan fingerprint density at radius 3 is 2.35 bits per heavy atom. The number of amides is 1. The maximum Gasteiger partial charge on any atom is 0.401 e. The molecule has 20 heavy (non-hydrogen) atoms. The minimum Gasteiger partial charge on any atom is -0.398 e. The first kappa shape index (κ1) is 16.3. The molecule has 0 aliphatic heterocycles. The zero-order valence-corrected chi connectivity index (χ0v) is 11.4. The molecular weight excluding hydrogens is 271 g/mol. The number of carbonyl (C=O) groups is 1. The van der Waals surface area contributed by atoms with Gasteiger partial charge in [0, 0.05) is 23.8 Å². The van der Waals surface area contributed by atoms with E-state index in [9.17, 15) is 18.0 Å². The molecule has 4 nitrogen and oxygen atoms in total. The first-order valence-corrected chi connectivity index (χ1v) is 6.09. The summed E-state index contributed by atoms with van der Waals surface area (Å²) in [5, 5.41) is 0. The van der Waals surface area contributed by atoms with Crippen molar-refractivity contribution in [1.29, 1.82) is 0 Å². The van der Waals surface area contributed by atoms with E-state index in [1.807, 2.05) is 0 Å². The molecule has 0 atom stereocenters. The van der Waals surface area contributed by atoms with Crippen LogP contribution in [0.15, 0.2) is 18.2 Å². The zero-order valence-electron chi connectivity index (χ0n) is 11.4. The largest absolute Gasteiger partial charge is 0.401 e. The van der Waals surface area contributed by atoms with Gasteiger partial charge in [0.05, 0.1) is 6.54 Å². The van der Waals surface area contributed by atoms with Crippen LogP contribution in [0.5, 0.6) is 0 Å². The second-order valence-electron chi connectivity index (χ2n) is 4.89. The Labute approximate surface area is 115 Å². The maximum absolute atomic E-state index is 12.5. The highest BCUT2D eigenvalue weighted by Gasteiger charge is 2.31. The van der Waals surface area contributed by atoms with Crippen molar-refractivity contribution in [3.63, 3.8) is 0 Å². The molecular formula is C13H18F3N3O. The van der Waals surface area contributed by atoms with Crippen LogP contribution in [-0.2, 0) is 6.54 Å². The van der Waals surface area contributed by atoms with Gasteiger partial charge in [-0.2, -0.15) is 13.2 Å². The molecule has 0 saturated carbocycles. The predicted molar refractivity (Wildman–Crippen MR) is 71.0 cm³/mol. The highest BCUT2D eigenvalue weighted by atomic mass is 19.4. The van der Waals surface area contributed by atoms with E-state index in [4.69, 9.17) is 11.5 Å². The number of rotatable bonds is 5. The fourth-order valence-electron chi connectivity index (χ4n) is 1.76. The zero-order chi connectivity index (χ0) is 15.5. The lowest BCUT2D eigenvalue weighted by Gasteiger charge is -2.28. The molecule has 0 aromatic heterocycles. The van der Waals surface area contributed by atoms with Gasteiger partial charge < -0.3 is 11.5 Å². The summed E-state index contributed by atoms with van der Waals surface area (Å²) >= 11 is 0. The summed E-state index contributed by atoms with van der Waals surface area (Å²) in [5.74, 6) is -0.626. The number of primary amides is 1. The Kier molecular flexibility index (Phi) is 4.99. The van der Waals surface area contributed by atoms with E-state index in [-0.39, 0.29) is 23.8 Å². The predicted octanol–water partition coefficient (Wildman–Crippen LogP) is 2.14. The summed E-state index contributed by atoms with van der Waals surface area (Å²) in [5.41, 5.74) is 11.9. The minimum atomic E-state index is -4.27. The van der Waals surface area contributed by atoms with E-state index in [2.05, 4.69) is 0 Å². The fraction of sp³-hybridized carbons (Fsp3) is 0.462. The molecule has 112 valence electrons. The van der Waals surface area contributed by atoms with Crippen molar-refractivity contribution in [1.82, 2.24) is 4.90 Å². The molecule has 0 aliphatic carbocycles. The lowest BCUT2D eigenvalue weighted by molar-refractivity contribution is -0.150. The summed E-state index contributed by atoms with van der Waals surface area (Å²) in [6.45, 7) is 2.41. The molecule has 0 fully saturated rings. The molecule has 7 heteroatoms. The lowest BCUT2D eigenvalue weighted by atomic mass is 10.1. The smallest absolute Gasteiger partial charge is 0.398 e. The molecule has 1 rings (SSSR count). The van der Waals surface area contributed by atoms with Crippen LogP contribution in [0.1, 0.15) is 29.8 Å². The molecule has 0 saturated heterocycles. The molecule has 0 bridgehead atoms. The Bertz CT molecular complexity index is 486. The van der Waals surface area contributed by atoms with Gasteiger partial charge in [-0.05, 0) is 31.5 Å². The van der Waals surface area contributed by atoms with Gasteiger partial charge in [0.2, 0.25) is 5.91 Å². The van der Waals surface area contributed by atoms with Crippen LogP contribution in [0.2, 0.25) is 0 Å². The summed E-state index contributed by atoms with van der Waals surface area (Å²) in [7, 11) is 0. The van der Waals surface area contributed by atoms with Crippen LogP contribution >= 0.6 is 0 Å². The first-order valence-electron chi connectivity index (χ1n) is 6.09. The molecule has 4 N–H and O–H groups in total. The van der Waals surface area contributed by atoms with Crippen molar-refractivity contribution in [3.05, 3.63) is 29.3 Å². The third kappa shape index (κ3) is 4.73. The van der Waals surface area contributed by atoms with Gasteiger partial charge in [-0.3, -0.25) is 9.69 Å². The molecule has 1 aromatic carbocycles. The third-order valence-corrected chi connectivity index (χ3v) is 2.92. The summed E-state index contributed by atoms with van der Waals surface area (Å²) in [4.78, 5) is 12.2. The number of anilines is 1. The number of carbonyl (C=O) groups excluding carboxylic acids is 1. The number of nitrogens with two attached hydrogens (primary N) is 2. The van der Waals surface area contributed by atoms with E-state index in [1.54, 1.807) is 13.8 Å². The van der Waals surface area contributed by atoms with E-state index in [0.29, 0.717) is 5.56 Å². The van der Waals surface area contributed by atoms with Gasteiger partial charge in [0.1, 0.15) is 0 Å². The quantitative estimate of drug-likeness (QED) is 0.816. The van der Waals surface area contributed by atoms with Gasteiger partial charge in [0.25, 0.3) is 0 Å². The average molecular weight is 289 g/mol. The van der Waals surface area contributed by atoms with Crippen LogP contribution in [0, 0.1) is 0 Å². The van der Waals surface area contributed by atoms with Crippen LogP contribution in [0.3, 0.4) is 0 Å². The van der Waals surface area contributed by atoms with Crippen molar-refractivity contribution in [2.45, 2.75) is 32.6 Å². The molecule has 1 aromatic rings. The molecule has 0 aliphatic rings. The SMILES string of the molecule is CC(C)N(Cc1ccc(C(N)=O)cc1N)CC(F)(F)F. The highest BCUT2D eigenvalue weighted by Crippen LogP contribution is 2.22. The third-order valence-electron chi connectivity index (χ3n) is 2.92. The van der Waals surface area contributed by atoms with Crippen molar-refractivity contribution in [2.24, 2.45) is 5.73 Å². The van der Waals surface area contributed by atoms with Crippen molar-refractivity contribution >= 4 is 11.6 Å². The van der Waals surface area contributed by atoms with E-state index < -0.39 is 18.6 Å². The fourth-order valence-corrected chi connectivity index (χ4v) is 1.76. The Balaban J connectivity index is 2.92. The van der Waals surface area contributed by atoms with Crippen molar-refractivity contribution in [2.75, 3.05) is 12.3 Å². The van der Waals surface area contributed by atoms with Crippen molar-refractivity contribution in [3.8, 4) is 0 Å². The van der Waals surface area contributed by atoms with Crippen molar-refractivity contribution < 1.29 is 18.0 Å². The minimum absolute atomic E-state index is 0.0576. The number of hydrogen-bond acceptors (Lipinski definition) is 3. The number of halogens is 3. The topological polar surface area (TPSA) is 72.3 Å². The number of hydrogen-bond donors (Lipinski definition) is 2. The van der Waals surface area contributed by atoms with Gasteiger partial charge in [-0.1, -0.05) is 6.07 Å². The number of alkyl halides is 3. The standard InChI is InChI=1S/C13H18F3N3O/c1-8(2)19(7-13(14,15)16)6-10-4-3-9(12(18)20)5-11(10)17/h3-5,8H,6-7,17H2,1-2H3,(H2,18,20). The van der Waals surface area contributed by atoms with Crippen LogP contribution in [-0.4, -0.2) is 29.6 Å². The maximum atomic E-state index is 12.5. The normalized spacial score (nSPS) is 12.2. The van der Waals surface area contributed by atoms with Gasteiger partial charge in [0.15, 0.2) is 0 Å². The number of nitrogens with zero attached hydrogens (tertiary/aromatic N) is 1. The molecule has 0 heterocycles. The van der Waals surface area contributed by atoms with E-state index >= 15 is 0 Å². The molecule has 0 radical (unpaired) electrons. The molecule has 0 unspecified atom stereocenters. The number of benzene rings is 1. The van der Waals surface area contributed by atoms with Gasteiger partial charge >= 0.3 is 6.18 Å². The summed E-state index contributed by atoms with van der Waals surface area (Å²) < 4.78 is 37.5. The van der Waals surface area contributed by atoms with E-state index in [1.165, 1.54) is 23.1 Å². The first-order chi connectivity index (χ1) is 9.10. The summed E-state index contributed by atoms with van der Waals surface area (Å²) in [6, 6.07) is 4.08. The van der Waals surface area contributed by atoms with E-state index in [0.717, 1.165) is 0 Å². The Morgan fingerprint density at radius 2 is 1.95 bits per heavy atom. The number of nitrogen functional groups attached to an aromatic ring is 1. The monoisotopic (exact) mass is 289 g/mol. The van der Waals surface area contributed by atoms with Crippen LogP contribution < -0.4 is 11.5 Å². The Morgan fingerprint density at radius 1 is 1.35 bits per heavy atom. The van der Waals surface area contributed by atoms with Gasteiger partial charge in [-0.15, -0.1) is 0 Å². The van der Waals surface area contributed by atoms with Gasteiger partial charge in [-0.25, -0.2) is 0 Å². The molecule has 0 spiro atoms. The Hall–Kier alpha value is -1.76. The second-order valence-corrected chi connectivity index (χ2v) is 4.89. The second kappa shape index (κ2) is 6.13. The molecule has 1 amide bonds. The summed E-state index contributed by atoms with van der Waals surface area (Å²) in [6.07, 6.45) is -4.27. The lowest BCUT2D eigenvalue weighted by Crippen LogP contribution is -2.38. The van der Waals surface area contributed by atoms with Crippen LogP contribution in [0.4, 0.5) is 18.9 Å². The van der Waals surface area contributed by atoms with Crippen LogP contribution in [0.25, 0.3) is 0 Å². The average Bonchev–Trinajstić information content (AvgIpc) is 2.28. The highest BCUT2D eigenvalue weighted by molar-refractivity contribution is 5.93.